The second-order valence-electron chi connectivity index (χ2n) is 6.30. The normalized spacial score (nSPS) is 11.5. The maximum atomic E-state index is 10.8. The van der Waals surface area contributed by atoms with Gasteiger partial charge in [0.2, 0.25) is 0 Å². The first-order chi connectivity index (χ1) is 13.1. The number of hydrogen-bond acceptors (Lipinski definition) is 7. The van der Waals surface area contributed by atoms with E-state index >= 15 is 0 Å². The zero-order chi connectivity index (χ0) is 22.1. The Kier molecular flexibility index (Phi) is 16.6. The molecule has 1 saturated heterocycles. The lowest BCUT2D eigenvalue weighted by atomic mass is 10.3. The lowest BCUT2D eigenvalue weighted by Gasteiger charge is -2.03. The van der Waals surface area contributed by atoms with E-state index < -0.39 is 0 Å². The molecule has 0 aromatic heterocycles. The molecule has 0 unspecified atom stereocenters. The topological polar surface area (TPSA) is 81.9 Å². The van der Waals surface area contributed by atoms with Gasteiger partial charge in [0.25, 0.3) is 0 Å². The molecule has 160 valence electrons. The van der Waals surface area contributed by atoms with E-state index in [2.05, 4.69) is 36.3 Å². The molecule has 0 saturated carbocycles. The summed E-state index contributed by atoms with van der Waals surface area (Å²) >= 11 is 0. The second-order valence-corrected chi connectivity index (χ2v) is 6.30. The average Bonchev–Trinajstić information content (AvgIpc) is 3.46. The predicted molar refractivity (Wildman–Crippen MR) is 110 cm³/mol. The third-order valence-electron chi connectivity index (χ3n) is 3.14. The Bertz CT molecular complexity index is 549. The van der Waals surface area contributed by atoms with Crippen molar-refractivity contribution in [1.29, 1.82) is 0 Å². The van der Waals surface area contributed by atoms with Gasteiger partial charge in [-0.1, -0.05) is 33.1 Å². The summed E-state index contributed by atoms with van der Waals surface area (Å²) < 4.78 is 14.0. The van der Waals surface area contributed by atoms with Crippen molar-refractivity contribution in [1.82, 2.24) is 4.90 Å². The van der Waals surface area contributed by atoms with Crippen LogP contribution < -0.4 is 0 Å². The van der Waals surface area contributed by atoms with Gasteiger partial charge in [0.05, 0.1) is 13.7 Å². The molecule has 1 fully saturated rings. The summed E-state index contributed by atoms with van der Waals surface area (Å²) in [6, 6.07) is 0. The van der Waals surface area contributed by atoms with E-state index in [4.69, 9.17) is 9.47 Å². The highest BCUT2D eigenvalue weighted by atomic mass is 16.5. The quantitative estimate of drug-likeness (QED) is 0.194. The van der Waals surface area contributed by atoms with Gasteiger partial charge >= 0.3 is 17.9 Å². The van der Waals surface area contributed by atoms with Gasteiger partial charge in [0.1, 0.15) is 6.61 Å². The smallest absolute Gasteiger partial charge is 0.333 e. The maximum absolute atomic E-state index is 10.8. The first-order valence-electron chi connectivity index (χ1n) is 9.18. The number of hydrogen-bond donors (Lipinski definition) is 0. The van der Waals surface area contributed by atoms with Crippen LogP contribution in [0, 0.1) is 0 Å². The molecule has 0 N–H and O–H groups in total. The number of methoxy groups -OCH3 is 1. The lowest BCUT2D eigenvalue weighted by molar-refractivity contribution is -0.139. The van der Waals surface area contributed by atoms with Gasteiger partial charge in [-0.2, -0.15) is 0 Å². The van der Waals surface area contributed by atoms with E-state index in [1.807, 2.05) is 0 Å². The summed E-state index contributed by atoms with van der Waals surface area (Å²) in [5, 5.41) is 0. The van der Waals surface area contributed by atoms with Crippen LogP contribution in [0.25, 0.3) is 0 Å². The summed E-state index contributed by atoms with van der Waals surface area (Å²) in [4.78, 5) is 33.9. The Labute approximate surface area is 169 Å². The van der Waals surface area contributed by atoms with Gasteiger partial charge in [-0.15, -0.1) is 0 Å². The van der Waals surface area contributed by atoms with E-state index in [1.165, 1.54) is 7.11 Å². The van der Waals surface area contributed by atoms with Crippen molar-refractivity contribution < 1.29 is 28.6 Å². The van der Waals surface area contributed by atoms with Crippen LogP contribution in [0.5, 0.6) is 0 Å². The Balaban J connectivity index is 0. The monoisotopic (exact) mass is 397 g/mol. The molecule has 0 aliphatic carbocycles. The van der Waals surface area contributed by atoms with E-state index in [9.17, 15) is 14.4 Å². The van der Waals surface area contributed by atoms with Crippen LogP contribution in [0.1, 0.15) is 40.5 Å². The summed E-state index contributed by atoms with van der Waals surface area (Å²) in [6.45, 7) is 21.4. The largest absolute Gasteiger partial charge is 0.466 e. The number of carbonyl (C=O) groups excluding carboxylic acids is 3. The van der Waals surface area contributed by atoms with Crippen molar-refractivity contribution >= 4 is 17.9 Å². The fraction of sp³-hybridized carbons (Fsp3) is 0.571. The molecule has 7 nitrogen and oxygen atoms in total. The molecule has 1 heterocycles. The Hall–Kier alpha value is -2.41. The third-order valence-corrected chi connectivity index (χ3v) is 3.14. The third kappa shape index (κ3) is 18.4. The van der Waals surface area contributed by atoms with E-state index in [0.717, 1.165) is 32.5 Å². The van der Waals surface area contributed by atoms with Crippen molar-refractivity contribution in [3.8, 4) is 0 Å². The zero-order valence-corrected chi connectivity index (χ0v) is 18.0. The van der Waals surface area contributed by atoms with Crippen molar-refractivity contribution in [3.63, 3.8) is 0 Å². The Morgan fingerprint density at radius 1 is 0.821 bits per heavy atom. The number of esters is 3. The van der Waals surface area contributed by atoms with Gasteiger partial charge in [-0.05, 0) is 27.2 Å². The molecule has 28 heavy (non-hydrogen) atoms. The van der Waals surface area contributed by atoms with Crippen LogP contribution in [-0.4, -0.2) is 62.8 Å². The van der Waals surface area contributed by atoms with Gasteiger partial charge in [-0.3, -0.25) is 4.90 Å². The molecule has 0 radical (unpaired) electrons. The van der Waals surface area contributed by atoms with Gasteiger partial charge < -0.3 is 14.2 Å². The van der Waals surface area contributed by atoms with Gasteiger partial charge in [0, 0.05) is 36.4 Å². The molecular weight excluding hydrogens is 362 g/mol. The van der Waals surface area contributed by atoms with Crippen LogP contribution in [0.3, 0.4) is 0 Å². The molecule has 7 heteroatoms. The number of carbonyl (C=O) groups is 3. The maximum Gasteiger partial charge on any atom is 0.333 e. The van der Waals surface area contributed by atoms with Crippen molar-refractivity contribution in [2.24, 2.45) is 0 Å². The minimum atomic E-state index is -0.347. The van der Waals surface area contributed by atoms with Crippen molar-refractivity contribution in [2.75, 3.05) is 40.0 Å². The average molecular weight is 398 g/mol. The molecule has 0 bridgehead atoms. The highest BCUT2D eigenvalue weighted by molar-refractivity contribution is 5.87. The van der Waals surface area contributed by atoms with Crippen LogP contribution in [0.4, 0.5) is 0 Å². The predicted octanol–water partition coefficient (Wildman–Crippen LogP) is 3.06. The minimum absolute atomic E-state index is 0.284. The Morgan fingerprint density at radius 2 is 1.25 bits per heavy atom. The number of rotatable bonds is 9. The first-order valence-corrected chi connectivity index (χ1v) is 9.18. The lowest BCUT2D eigenvalue weighted by Crippen LogP contribution is -2.13. The van der Waals surface area contributed by atoms with Crippen molar-refractivity contribution in [2.45, 2.75) is 40.5 Å². The van der Waals surface area contributed by atoms with Crippen molar-refractivity contribution in [3.05, 3.63) is 36.5 Å². The second kappa shape index (κ2) is 16.7. The SMILES string of the molecule is C=C(C)C(=O)OC.C=C(C)C(=O)OCCCC.C=C(C)C(=O)OCCN1CC1. The van der Waals surface area contributed by atoms with E-state index in [1.54, 1.807) is 20.8 Å². The molecule has 0 spiro atoms. The van der Waals surface area contributed by atoms with Gasteiger partial charge in [0.15, 0.2) is 0 Å². The van der Waals surface area contributed by atoms with Gasteiger partial charge in [-0.25, -0.2) is 14.4 Å². The zero-order valence-electron chi connectivity index (χ0n) is 18.0. The fourth-order valence-electron chi connectivity index (χ4n) is 1.29. The summed E-state index contributed by atoms with van der Waals surface area (Å²) in [6.07, 6.45) is 1.97. The molecule has 1 aliphatic rings. The molecule has 1 aliphatic heterocycles. The van der Waals surface area contributed by atoms with Crippen LogP contribution in [-0.2, 0) is 28.6 Å². The highest BCUT2D eigenvalue weighted by Crippen LogP contribution is 2.02. The fourth-order valence-corrected chi connectivity index (χ4v) is 1.29. The standard InChI is InChI=1S/C8H13NO2.C8H14O2.C5H8O2/c1-7(2)8(10)11-6-5-9-3-4-9;1-4-5-6-10-8(9)7(2)3;1-4(2)5(6)7-3/h1,3-6H2,2H3;2,4-6H2,1,3H3;1H2,2-3H3. The summed E-state index contributed by atoms with van der Waals surface area (Å²) in [5.74, 6) is -0.916. The molecule has 0 aromatic carbocycles. The first kappa shape index (κ1) is 27.8. The summed E-state index contributed by atoms with van der Waals surface area (Å²) in [7, 11) is 1.33. The molecule has 0 amide bonds. The number of unbranched alkanes of at least 4 members (excludes halogenated alkanes) is 1. The molecular formula is C21H35NO6. The molecule has 0 aromatic rings. The van der Waals surface area contributed by atoms with Crippen LogP contribution in [0.2, 0.25) is 0 Å². The highest BCUT2D eigenvalue weighted by Gasteiger charge is 2.16. The van der Waals surface area contributed by atoms with E-state index in [0.29, 0.717) is 29.9 Å². The Morgan fingerprint density at radius 3 is 1.54 bits per heavy atom. The number of ether oxygens (including phenoxy) is 3. The summed E-state index contributed by atoms with van der Waals surface area (Å²) in [5.41, 5.74) is 1.37. The van der Waals surface area contributed by atoms with Crippen LogP contribution in [0.15, 0.2) is 36.5 Å². The molecule has 1 rings (SSSR count). The molecule has 0 atom stereocenters. The van der Waals surface area contributed by atoms with E-state index in [-0.39, 0.29) is 17.9 Å². The minimum Gasteiger partial charge on any atom is -0.466 e. The number of nitrogens with zero attached hydrogens (tertiary/aromatic N) is 1. The van der Waals surface area contributed by atoms with Crippen LogP contribution >= 0.6 is 0 Å².